The molecular weight excluding hydrogens is 382 g/mol. The minimum Gasteiger partial charge on any atom is -0.502 e. The number of ether oxygens (including phenoxy) is 1. The van der Waals surface area contributed by atoms with Gasteiger partial charge < -0.3 is 9.84 Å². The Morgan fingerprint density at radius 2 is 1.83 bits per heavy atom. The van der Waals surface area contributed by atoms with E-state index in [4.69, 9.17) is 4.74 Å². The van der Waals surface area contributed by atoms with E-state index >= 15 is 0 Å². The third-order valence-electron chi connectivity index (χ3n) is 4.56. The molecule has 30 heavy (non-hydrogen) atoms. The molecule has 6 nitrogen and oxygen atoms in total. The molecule has 0 heterocycles. The maximum Gasteiger partial charge on any atom is 0.311 e. The molecule has 0 bridgehead atoms. The highest BCUT2D eigenvalue weighted by atomic mass is 16.6. The summed E-state index contributed by atoms with van der Waals surface area (Å²) < 4.78 is 5.85. The molecule has 0 unspecified atom stereocenters. The average Bonchev–Trinajstić information content (AvgIpc) is 2.73. The van der Waals surface area contributed by atoms with Gasteiger partial charge >= 0.3 is 5.69 Å². The summed E-state index contributed by atoms with van der Waals surface area (Å²) in [4.78, 5) is 22.8. The van der Waals surface area contributed by atoms with E-state index in [1.54, 1.807) is 13.0 Å². The fourth-order valence-corrected chi connectivity index (χ4v) is 3.02. The SMILES string of the molecule is Cc1cc(C(=O)C=Cc2ccc(OCc3ccccc3)c(C)c2)c(O)c([N+](=O)[O-])c1. The van der Waals surface area contributed by atoms with Crippen molar-refractivity contribution >= 4 is 17.5 Å². The second kappa shape index (κ2) is 9.05. The van der Waals surface area contributed by atoms with E-state index in [0.717, 1.165) is 22.4 Å². The van der Waals surface area contributed by atoms with Crippen molar-refractivity contribution in [3.8, 4) is 11.5 Å². The first-order valence-corrected chi connectivity index (χ1v) is 9.33. The zero-order valence-corrected chi connectivity index (χ0v) is 16.7. The predicted octanol–water partition coefficient (Wildman–Crippen LogP) is 5.39. The van der Waals surface area contributed by atoms with E-state index in [9.17, 15) is 20.0 Å². The molecule has 0 fully saturated rings. The Bertz CT molecular complexity index is 1120. The number of benzene rings is 3. The molecule has 0 aliphatic heterocycles. The molecule has 0 saturated heterocycles. The monoisotopic (exact) mass is 403 g/mol. The largest absolute Gasteiger partial charge is 0.502 e. The van der Waals surface area contributed by atoms with E-state index in [0.29, 0.717) is 12.2 Å². The topological polar surface area (TPSA) is 89.7 Å². The molecule has 3 aromatic carbocycles. The molecule has 6 heteroatoms. The highest BCUT2D eigenvalue weighted by molar-refractivity contribution is 6.09. The third kappa shape index (κ3) is 4.91. The molecule has 0 saturated carbocycles. The van der Waals surface area contributed by atoms with Crippen LogP contribution in [0.2, 0.25) is 0 Å². The lowest BCUT2D eigenvalue weighted by Gasteiger charge is -2.10. The lowest BCUT2D eigenvalue weighted by Crippen LogP contribution is -2.00. The Labute approximate surface area is 174 Å². The number of phenolic OH excluding ortho intramolecular Hbond substituents is 1. The van der Waals surface area contributed by atoms with Crippen LogP contribution in [0.15, 0.2) is 66.7 Å². The number of hydrogen-bond acceptors (Lipinski definition) is 5. The van der Waals surface area contributed by atoms with Gasteiger partial charge in [-0.15, -0.1) is 0 Å². The lowest BCUT2D eigenvalue weighted by atomic mass is 10.0. The number of allylic oxidation sites excluding steroid dienone is 1. The molecule has 0 aliphatic carbocycles. The van der Waals surface area contributed by atoms with Crippen LogP contribution in [-0.4, -0.2) is 15.8 Å². The molecule has 0 spiro atoms. The number of phenols is 1. The maximum atomic E-state index is 12.5. The van der Waals surface area contributed by atoms with Crippen molar-refractivity contribution in [1.29, 1.82) is 0 Å². The molecule has 0 aromatic heterocycles. The molecular formula is C24H21NO5. The van der Waals surface area contributed by atoms with E-state index in [2.05, 4.69) is 0 Å². The Balaban J connectivity index is 1.74. The average molecular weight is 403 g/mol. The minimum absolute atomic E-state index is 0.0995. The van der Waals surface area contributed by atoms with Crippen molar-refractivity contribution in [2.24, 2.45) is 0 Å². The van der Waals surface area contributed by atoms with Crippen LogP contribution in [0.3, 0.4) is 0 Å². The van der Waals surface area contributed by atoms with Crippen LogP contribution >= 0.6 is 0 Å². The molecule has 0 amide bonds. The molecule has 3 aromatic rings. The van der Waals surface area contributed by atoms with Crippen LogP contribution in [0.4, 0.5) is 5.69 Å². The summed E-state index contributed by atoms with van der Waals surface area (Å²) in [5.41, 5.74) is 2.69. The zero-order valence-electron chi connectivity index (χ0n) is 16.7. The number of nitrogens with zero attached hydrogens (tertiary/aromatic N) is 1. The fourth-order valence-electron chi connectivity index (χ4n) is 3.02. The molecule has 3 rings (SSSR count). The second-order valence-corrected chi connectivity index (χ2v) is 6.93. The number of aromatic hydroxyl groups is 1. The number of rotatable bonds is 7. The normalized spacial score (nSPS) is 10.9. The van der Waals surface area contributed by atoms with Crippen LogP contribution in [0, 0.1) is 24.0 Å². The summed E-state index contributed by atoms with van der Waals surface area (Å²) in [6.45, 7) is 4.00. The van der Waals surface area contributed by atoms with Gasteiger partial charge in [0.05, 0.1) is 10.5 Å². The second-order valence-electron chi connectivity index (χ2n) is 6.93. The van der Waals surface area contributed by atoms with Crippen LogP contribution in [0.5, 0.6) is 11.5 Å². The van der Waals surface area contributed by atoms with Gasteiger partial charge in [-0.2, -0.15) is 0 Å². The third-order valence-corrected chi connectivity index (χ3v) is 4.56. The van der Waals surface area contributed by atoms with Crippen LogP contribution < -0.4 is 4.74 Å². The Kier molecular flexibility index (Phi) is 6.27. The summed E-state index contributed by atoms with van der Waals surface area (Å²) in [6.07, 6.45) is 2.89. The summed E-state index contributed by atoms with van der Waals surface area (Å²) in [5, 5.41) is 21.1. The quantitative estimate of drug-likeness (QED) is 0.247. The molecule has 0 aliphatic rings. The van der Waals surface area contributed by atoms with Gasteiger partial charge in [0.15, 0.2) is 5.78 Å². The standard InChI is InChI=1S/C24H21NO5/c1-16-12-20(24(27)21(13-16)25(28)29)22(26)10-8-18-9-11-23(17(2)14-18)30-15-19-6-4-3-5-7-19/h3-14,27H,15H2,1-2H3. The Morgan fingerprint density at radius 3 is 2.50 bits per heavy atom. The number of nitro benzene ring substituents is 1. The highest BCUT2D eigenvalue weighted by Crippen LogP contribution is 2.31. The molecule has 152 valence electrons. The van der Waals surface area contributed by atoms with Gasteiger partial charge in [-0.1, -0.05) is 42.5 Å². The van der Waals surface area contributed by atoms with E-state index in [1.807, 2.05) is 55.5 Å². The minimum atomic E-state index is -0.708. The van der Waals surface area contributed by atoms with Crippen LogP contribution in [-0.2, 0) is 6.61 Å². The molecule has 1 N–H and O–H groups in total. The Morgan fingerprint density at radius 1 is 1.10 bits per heavy atom. The van der Waals surface area contributed by atoms with Gasteiger partial charge in [-0.3, -0.25) is 14.9 Å². The van der Waals surface area contributed by atoms with Crippen LogP contribution in [0.25, 0.3) is 6.08 Å². The van der Waals surface area contributed by atoms with Gasteiger partial charge in [-0.25, -0.2) is 0 Å². The number of nitro groups is 1. The van der Waals surface area contributed by atoms with Crippen molar-refractivity contribution in [3.05, 3.63) is 105 Å². The first-order chi connectivity index (χ1) is 14.3. The number of carbonyl (C=O) groups is 1. The number of carbonyl (C=O) groups excluding carboxylic acids is 1. The lowest BCUT2D eigenvalue weighted by molar-refractivity contribution is -0.385. The van der Waals surface area contributed by atoms with Crippen molar-refractivity contribution < 1.29 is 19.6 Å². The first kappa shape index (κ1) is 20.8. The zero-order chi connectivity index (χ0) is 21.7. The van der Waals surface area contributed by atoms with E-state index < -0.39 is 22.1 Å². The van der Waals surface area contributed by atoms with E-state index in [1.165, 1.54) is 18.2 Å². The van der Waals surface area contributed by atoms with Gasteiger partial charge in [0, 0.05) is 6.07 Å². The smallest absolute Gasteiger partial charge is 0.311 e. The first-order valence-electron chi connectivity index (χ1n) is 9.33. The molecule has 0 atom stereocenters. The predicted molar refractivity (Wildman–Crippen MR) is 115 cm³/mol. The highest BCUT2D eigenvalue weighted by Gasteiger charge is 2.21. The van der Waals surface area contributed by atoms with Gasteiger partial charge in [0.25, 0.3) is 0 Å². The summed E-state index contributed by atoms with van der Waals surface area (Å²) >= 11 is 0. The summed E-state index contributed by atoms with van der Waals surface area (Å²) in [6, 6.07) is 18.0. The van der Waals surface area contributed by atoms with Crippen molar-refractivity contribution in [2.45, 2.75) is 20.5 Å². The van der Waals surface area contributed by atoms with Crippen molar-refractivity contribution in [3.63, 3.8) is 0 Å². The van der Waals surface area contributed by atoms with Crippen LogP contribution in [0.1, 0.15) is 32.6 Å². The van der Waals surface area contributed by atoms with Gasteiger partial charge in [0.1, 0.15) is 12.4 Å². The maximum absolute atomic E-state index is 12.5. The summed E-state index contributed by atoms with van der Waals surface area (Å²) in [5.74, 6) is -0.392. The van der Waals surface area contributed by atoms with Crippen molar-refractivity contribution in [2.75, 3.05) is 0 Å². The van der Waals surface area contributed by atoms with E-state index in [-0.39, 0.29) is 5.56 Å². The van der Waals surface area contributed by atoms with Gasteiger partial charge in [0.2, 0.25) is 5.75 Å². The van der Waals surface area contributed by atoms with Crippen molar-refractivity contribution in [1.82, 2.24) is 0 Å². The number of ketones is 1. The molecule has 0 radical (unpaired) electrons. The summed E-state index contributed by atoms with van der Waals surface area (Å²) in [7, 11) is 0. The number of aryl methyl sites for hydroxylation is 2. The fraction of sp³-hybridized carbons (Fsp3) is 0.125. The Hall–Kier alpha value is -3.93. The van der Waals surface area contributed by atoms with Gasteiger partial charge in [-0.05, 0) is 60.4 Å². The number of hydrogen-bond donors (Lipinski definition) is 1.